The SMILES string of the molecule is CC1CCc2c(sc3nc(CCC(=O)N4CCN(c5ccc(Cl)cc5)CC4)[nH]c(=O)c23)C1. The molecule has 1 amide bonds. The van der Waals surface area contributed by atoms with Gasteiger partial charge in [-0.25, -0.2) is 4.98 Å². The van der Waals surface area contributed by atoms with Crippen LogP contribution in [0.5, 0.6) is 0 Å². The van der Waals surface area contributed by atoms with E-state index in [0.29, 0.717) is 37.7 Å². The Morgan fingerprint density at radius 2 is 1.97 bits per heavy atom. The van der Waals surface area contributed by atoms with Gasteiger partial charge in [0.25, 0.3) is 5.56 Å². The Morgan fingerprint density at radius 3 is 2.72 bits per heavy atom. The summed E-state index contributed by atoms with van der Waals surface area (Å²) in [6, 6.07) is 7.81. The minimum absolute atomic E-state index is 0.0546. The summed E-state index contributed by atoms with van der Waals surface area (Å²) in [5.41, 5.74) is 2.27. The lowest BCUT2D eigenvalue weighted by atomic mass is 9.89. The van der Waals surface area contributed by atoms with Crippen molar-refractivity contribution in [2.45, 2.75) is 39.0 Å². The molecule has 2 aromatic heterocycles. The van der Waals surface area contributed by atoms with Crippen LogP contribution in [0.1, 0.15) is 36.0 Å². The predicted molar refractivity (Wildman–Crippen MR) is 130 cm³/mol. The number of amides is 1. The van der Waals surface area contributed by atoms with Crippen LogP contribution in [0.4, 0.5) is 5.69 Å². The van der Waals surface area contributed by atoms with E-state index in [9.17, 15) is 9.59 Å². The first-order chi connectivity index (χ1) is 15.5. The molecule has 1 fully saturated rings. The zero-order chi connectivity index (χ0) is 22.2. The molecule has 8 heteroatoms. The van der Waals surface area contributed by atoms with Gasteiger partial charge in [0.1, 0.15) is 10.7 Å². The van der Waals surface area contributed by atoms with Gasteiger partial charge in [-0.3, -0.25) is 9.59 Å². The number of nitrogens with zero attached hydrogens (tertiary/aromatic N) is 3. The maximum Gasteiger partial charge on any atom is 0.259 e. The topological polar surface area (TPSA) is 69.3 Å². The van der Waals surface area contributed by atoms with Crippen LogP contribution >= 0.6 is 22.9 Å². The van der Waals surface area contributed by atoms with E-state index in [-0.39, 0.29) is 11.5 Å². The number of rotatable bonds is 4. The molecule has 1 saturated heterocycles. The van der Waals surface area contributed by atoms with Crippen molar-refractivity contribution in [3.05, 3.63) is 55.9 Å². The Labute approximate surface area is 196 Å². The van der Waals surface area contributed by atoms with Crippen molar-refractivity contribution >= 4 is 44.7 Å². The van der Waals surface area contributed by atoms with Crippen LogP contribution in [0, 0.1) is 5.92 Å². The van der Waals surface area contributed by atoms with Gasteiger partial charge in [-0.2, -0.15) is 0 Å². The molecule has 1 N–H and O–H groups in total. The second-order valence-electron chi connectivity index (χ2n) is 8.89. The van der Waals surface area contributed by atoms with Gasteiger partial charge in [-0.05, 0) is 55.0 Å². The van der Waals surface area contributed by atoms with Gasteiger partial charge in [0.2, 0.25) is 5.91 Å². The number of benzene rings is 1. The quantitative estimate of drug-likeness (QED) is 0.624. The Hall–Kier alpha value is -2.38. The molecule has 3 aromatic rings. The van der Waals surface area contributed by atoms with E-state index < -0.39 is 0 Å². The van der Waals surface area contributed by atoms with E-state index in [1.807, 2.05) is 29.2 Å². The fourth-order valence-corrected chi connectivity index (χ4v) is 6.29. The minimum Gasteiger partial charge on any atom is -0.368 e. The number of aryl methyl sites for hydroxylation is 2. The van der Waals surface area contributed by atoms with Gasteiger partial charge >= 0.3 is 0 Å². The largest absolute Gasteiger partial charge is 0.368 e. The number of aromatic nitrogens is 2. The number of H-pyrrole nitrogens is 1. The highest BCUT2D eigenvalue weighted by Gasteiger charge is 2.24. The molecule has 168 valence electrons. The summed E-state index contributed by atoms with van der Waals surface area (Å²) in [5.74, 6) is 1.39. The molecule has 6 nitrogen and oxygen atoms in total. The van der Waals surface area contributed by atoms with E-state index in [0.717, 1.165) is 53.3 Å². The average Bonchev–Trinajstić information content (AvgIpc) is 3.16. The standard InChI is InChI=1S/C24H27ClN4O2S/c1-15-2-7-18-19(14-15)32-24-22(18)23(31)26-20(27-24)8-9-21(30)29-12-10-28(11-13-29)17-5-3-16(25)4-6-17/h3-6,15H,2,7-14H2,1H3,(H,26,27,31). The highest BCUT2D eigenvalue weighted by atomic mass is 35.5. The van der Waals surface area contributed by atoms with Gasteiger partial charge in [-0.1, -0.05) is 18.5 Å². The Bertz CT molecular complexity index is 1200. The number of fused-ring (bicyclic) bond motifs is 3. The predicted octanol–water partition coefficient (Wildman–Crippen LogP) is 4.04. The number of hydrogen-bond acceptors (Lipinski definition) is 5. The summed E-state index contributed by atoms with van der Waals surface area (Å²) >= 11 is 7.63. The van der Waals surface area contributed by atoms with E-state index >= 15 is 0 Å². The number of carbonyl (C=O) groups is 1. The van der Waals surface area contributed by atoms with Crippen molar-refractivity contribution in [2.24, 2.45) is 5.92 Å². The van der Waals surface area contributed by atoms with Gasteiger partial charge < -0.3 is 14.8 Å². The third kappa shape index (κ3) is 4.28. The van der Waals surface area contributed by atoms with Crippen LogP contribution in [0.3, 0.4) is 0 Å². The maximum atomic E-state index is 12.8. The first-order valence-corrected chi connectivity index (χ1v) is 12.5. The van der Waals surface area contributed by atoms with Gasteiger partial charge in [0.05, 0.1) is 5.39 Å². The van der Waals surface area contributed by atoms with Crippen LogP contribution in [-0.2, 0) is 24.1 Å². The molecule has 0 bridgehead atoms. The molecule has 1 atom stereocenters. The van der Waals surface area contributed by atoms with E-state index in [4.69, 9.17) is 16.6 Å². The fraction of sp³-hybridized carbons (Fsp3) is 0.458. The van der Waals surface area contributed by atoms with Gasteiger partial charge in [0.15, 0.2) is 0 Å². The monoisotopic (exact) mass is 470 g/mol. The van der Waals surface area contributed by atoms with Crippen molar-refractivity contribution in [3.8, 4) is 0 Å². The van der Waals surface area contributed by atoms with Crippen molar-refractivity contribution in [3.63, 3.8) is 0 Å². The number of carbonyl (C=O) groups excluding carboxylic acids is 1. The van der Waals surface area contributed by atoms with Crippen LogP contribution in [0.15, 0.2) is 29.1 Å². The summed E-state index contributed by atoms with van der Waals surface area (Å²) in [6.45, 7) is 5.25. The molecular weight excluding hydrogens is 444 g/mol. The Morgan fingerprint density at radius 1 is 1.22 bits per heavy atom. The first-order valence-electron chi connectivity index (χ1n) is 11.3. The lowest BCUT2D eigenvalue weighted by Gasteiger charge is -2.36. The van der Waals surface area contributed by atoms with Crippen molar-refractivity contribution in [1.29, 1.82) is 0 Å². The number of halogens is 1. The van der Waals surface area contributed by atoms with Crippen LogP contribution in [-0.4, -0.2) is 47.0 Å². The molecule has 0 saturated carbocycles. The van der Waals surface area contributed by atoms with Gasteiger partial charge in [-0.15, -0.1) is 11.3 Å². The number of aromatic amines is 1. The highest BCUT2D eigenvalue weighted by Crippen LogP contribution is 2.35. The maximum absolute atomic E-state index is 12.8. The molecule has 32 heavy (non-hydrogen) atoms. The van der Waals surface area contributed by atoms with Gasteiger partial charge in [0, 0.05) is 54.6 Å². The minimum atomic E-state index is -0.0546. The Balaban J connectivity index is 1.21. The number of hydrogen-bond donors (Lipinski definition) is 1. The molecular formula is C24H27ClN4O2S. The average molecular weight is 471 g/mol. The molecule has 2 aliphatic rings. The smallest absolute Gasteiger partial charge is 0.259 e. The van der Waals surface area contributed by atoms with E-state index in [1.54, 1.807) is 11.3 Å². The molecule has 0 spiro atoms. The summed E-state index contributed by atoms with van der Waals surface area (Å²) < 4.78 is 0. The molecule has 1 aliphatic heterocycles. The third-order valence-corrected chi connectivity index (χ3v) is 8.01. The number of piperazine rings is 1. The van der Waals surface area contributed by atoms with Crippen molar-refractivity contribution < 1.29 is 4.79 Å². The fourth-order valence-electron chi connectivity index (χ4n) is 4.76. The summed E-state index contributed by atoms with van der Waals surface area (Å²) in [5, 5.41) is 1.50. The summed E-state index contributed by atoms with van der Waals surface area (Å²) in [4.78, 5) is 39.5. The van der Waals surface area contributed by atoms with Crippen LogP contribution in [0.2, 0.25) is 5.02 Å². The van der Waals surface area contributed by atoms with Crippen molar-refractivity contribution in [2.75, 3.05) is 31.1 Å². The molecule has 1 aromatic carbocycles. The van der Waals surface area contributed by atoms with Crippen LogP contribution in [0.25, 0.3) is 10.2 Å². The lowest BCUT2D eigenvalue weighted by Crippen LogP contribution is -2.48. The summed E-state index contributed by atoms with van der Waals surface area (Å²) in [6.07, 6.45) is 3.93. The molecule has 3 heterocycles. The lowest BCUT2D eigenvalue weighted by molar-refractivity contribution is -0.131. The second kappa shape index (κ2) is 8.87. The van der Waals surface area contributed by atoms with E-state index in [1.165, 1.54) is 10.4 Å². The summed E-state index contributed by atoms with van der Waals surface area (Å²) in [7, 11) is 0. The number of anilines is 1. The normalized spacial score (nSPS) is 18.8. The molecule has 1 aliphatic carbocycles. The zero-order valence-electron chi connectivity index (χ0n) is 18.2. The highest BCUT2D eigenvalue weighted by molar-refractivity contribution is 7.18. The molecule has 5 rings (SSSR count). The third-order valence-electron chi connectivity index (χ3n) is 6.61. The van der Waals surface area contributed by atoms with Crippen LogP contribution < -0.4 is 10.5 Å². The van der Waals surface area contributed by atoms with Crippen molar-refractivity contribution in [1.82, 2.24) is 14.9 Å². The molecule has 0 radical (unpaired) electrons. The number of nitrogens with one attached hydrogen (secondary N) is 1. The molecule has 1 unspecified atom stereocenters. The first kappa shape index (κ1) is 21.5. The van der Waals surface area contributed by atoms with E-state index in [2.05, 4.69) is 16.8 Å². The Kier molecular flexibility index (Phi) is 5.95. The zero-order valence-corrected chi connectivity index (χ0v) is 19.8. The second-order valence-corrected chi connectivity index (χ2v) is 10.4. The number of thiophene rings is 1.